The lowest BCUT2D eigenvalue weighted by atomic mass is 10.00. The van der Waals surface area contributed by atoms with Crippen LogP contribution < -0.4 is 4.74 Å². The second-order valence-electron chi connectivity index (χ2n) is 7.63. The van der Waals surface area contributed by atoms with Crippen LogP contribution in [0.4, 0.5) is 0 Å². The Morgan fingerprint density at radius 2 is 1.89 bits per heavy atom. The average Bonchev–Trinajstić information content (AvgIpc) is 3.22. The van der Waals surface area contributed by atoms with Crippen molar-refractivity contribution in [2.24, 2.45) is 0 Å². The van der Waals surface area contributed by atoms with Gasteiger partial charge in [0.1, 0.15) is 11.5 Å². The molecule has 5 nitrogen and oxygen atoms in total. The minimum absolute atomic E-state index is 0.285. The Kier molecular flexibility index (Phi) is 6.12. The van der Waals surface area contributed by atoms with Gasteiger partial charge in [-0.2, -0.15) is 0 Å². The normalized spacial score (nSPS) is 22.8. The number of ether oxygens (including phenoxy) is 2. The van der Waals surface area contributed by atoms with E-state index in [0.717, 1.165) is 57.3 Å². The summed E-state index contributed by atoms with van der Waals surface area (Å²) < 4.78 is 16.8. The first-order chi connectivity index (χ1) is 13.3. The van der Waals surface area contributed by atoms with Crippen LogP contribution in [0.15, 0.2) is 47.1 Å². The van der Waals surface area contributed by atoms with Crippen molar-refractivity contribution in [3.63, 3.8) is 0 Å². The summed E-state index contributed by atoms with van der Waals surface area (Å²) in [5.41, 5.74) is 1.32. The van der Waals surface area contributed by atoms with E-state index in [1.165, 1.54) is 18.4 Å². The number of morpholine rings is 1. The van der Waals surface area contributed by atoms with Gasteiger partial charge in [0.2, 0.25) is 0 Å². The molecular weight excluding hydrogens is 340 g/mol. The Morgan fingerprint density at radius 1 is 1.07 bits per heavy atom. The molecule has 2 aromatic rings. The van der Waals surface area contributed by atoms with E-state index in [4.69, 9.17) is 13.9 Å². The van der Waals surface area contributed by atoms with Crippen LogP contribution in [0.25, 0.3) is 0 Å². The molecule has 2 aliphatic heterocycles. The predicted octanol–water partition coefficient (Wildman–Crippen LogP) is 3.20. The number of hydrogen-bond donors (Lipinski definition) is 0. The maximum Gasteiger partial charge on any atom is 0.118 e. The largest absolute Gasteiger partial charge is 0.497 e. The monoisotopic (exact) mass is 370 g/mol. The predicted molar refractivity (Wildman–Crippen MR) is 105 cm³/mol. The van der Waals surface area contributed by atoms with Crippen LogP contribution in [0.1, 0.15) is 24.2 Å². The van der Waals surface area contributed by atoms with Gasteiger partial charge in [-0.05, 0) is 49.1 Å². The van der Waals surface area contributed by atoms with Crippen molar-refractivity contribution < 1.29 is 13.9 Å². The van der Waals surface area contributed by atoms with Crippen molar-refractivity contribution in [3.8, 4) is 5.75 Å². The van der Waals surface area contributed by atoms with Crippen molar-refractivity contribution in [2.45, 2.75) is 38.0 Å². The lowest BCUT2D eigenvalue weighted by Gasteiger charge is -2.42. The van der Waals surface area contributed by atoms with Crippen molar-refractivity contribution in [2.75, 3.05) is 39.9 Å². The smallest absolute Gasteiger partial charge is 0.118 e. The molecule has 2 aliphatic rings. The molecule has 0 spiro atoms. The molecule has 2 saturated heterocycles. The van der Waals surface area contributed by atoms with Crippen molar-refractivity contribution in [1.82, 2.24) is 9.80 Å². The molecule has 0 saturated carbocycles. The molecule has 0 N–H and O–H groups in total. The Labute approximate surface area is 161 Å². The maximum absolute atomic E-state index is 6.06. The Balaban J connectivity index is 1.25. The number of piperidine rings is 1. The summed E-state index contributed by atoms with van der Waals surface area (Å²) >= 11 is 0. The van der Waals surface area contributed by atoms with Gasteiger partial charge in [-0.1, -0.05) is 12.1 Å². The summed E-state index contributed by atoms with van der Waals surface area (Å²) in [6.07, 6.45) is 5.48. The van der Waals surface area contributed by atoms with E-state index in [1.807, 2.05) is 18.2 Å². The molecule has 27 heavy (non-hydrogen) atoms. The quantitative estimate of drug-likeness (QED) is 0.781. The fourth-order valence-corrected chi connectivity index (χ4v) is 4.29. The molecule has 0 radical (unpaired) electrons. The van der Waals surface area contributed by atoms with Gasteiger partial charge in [-0.15, -0.1) is 0 Å². The highest BCUT2D eigenvalue weighted by Crippen LogP contribution is 2.22. The van der Waals surface area contributed by atoms with Gasteiger partial charge >= 0.3 is 0 Å². The zero-order valence-electron chi connectivity index (χ0n) is 16.2. The van der Waals surface area contributed by atoms with Crippen molar-refractivity contribution >= 4 is 0 Å². The number of hydrogen-bond acceptors (Lipinski definition) is 5. The number of likely N-dealkylation sites (tertiary alicyclic amines) is 1. The van der Waals surface area contributed by atoms with E-state index in [9.17, 15) is 0 Å². The molecule has 0 amide bonds. The van der Waals surface area contributed by atoms with E-state index in [1.54, 1.807) is 13.4 Å². The van der Waals surface area contributed by atoms with Crippen LogP contribution in [-0.2, 0) is 17.7 Å². The van der Waals surface area contributed by atoms with Crippen molar-refractivity contribution in [3.05, 3.63) is 54.0 Å². The standard InChI is InChI=1S/C22H30N2O3/c1-25-20-6-4-18(5-7-20)15-22-17-24(12-14-27-22)19-8-10-23(11-9-19)16-21-3-2-13-26-21/h2-7,13,19,22H,8-12,14-17H2,1H3/t22-/m0/s1. The van der Waals surface area contributed by atoms with Crippen LogP contribution in [-0.4, -0.2) is 61.8 Å². The first-order valence-corrected chi connectivity index (χ1v) is 10.0. The number of nitrogens with zero attached hydrogens (tertiary/aromatic N) is 2. The molecule has 0 unspecified atom stereocenters. The third-order valence-corrected chi connectivity index (χ3v) is 5.83. The van der Waals surface area contributed by atoms with Gasteiger partial charge in [-0.3, -0.25) is 9.80 Å². The second kappa shape index (κ2) is 8.91. The van der Waals surface area contributed by atoms with Gasteiger partial charge in [0.25, 0.3) is 0 Å². The van der Waals surface area contributed by atoms with Gasteiger partial charge in [0.05, 0.1) is 32.6 Å². The lowest BCUT2D eigenvalue weighted by molar-refractivity contribution is -0.0516. The molecule has 3 heterocycles. The Bertz CT molecular complexity index is 678. The zero-order chi connectivity index (χ0) is 18.5. The minimum Gasteiger partial charge on any atom is -0.497 e. The number of rotatable bonds is 6. The number of furan rings is 1. The van der Waals surface area contributed by atoms with Gasteiger partial charge in [0.15, 0.2) is 0 Å². The summed E-state index contributed by atoms with van der Waals surface area (Å²) in [6, 6.07) is 13.1. The number of benzene rings is 1. The number of methoxy groups -OCH3 is 1. The van der Waals surface area contributed by atoms with E-state index in [2.05, 4.69) is 28.0 Å². The van der Waals surface area contributed by atoms with Crippen LogP contribution in [0.2, 0.25) is 0 Å². The first kappa shape index (κ1) is 18.5. The van der Waals surface area contributed by atoms with E-state index < -0.39 is 0 Å². The Morgan fingerprint density at radius 3 is 2.59 bits per heavy atom. The molecule has 1 aromatic heterocycles. The lowest BCUT2D eigenvalue weighted by Crippen LogP contribution is -2.51. The third kappa shape index (κ3) is 4.92. The maximum atomic E-state index is 6.06. The van der Waals surface area contributed by atoms with E-state index in [-0.39, 0.29) is 6.10 Å². The Hall–Kier alpha value is -1.82. The molecule has 5 heteroatoms. The fraction of sp³-hybridized carbons (Fsp3) is 0.545. The summed E-state index contributed by atoms with van der Waals surface area (Å²) in [4.78, 5) is 5.16. The molecule has 1 aromatic carbocycles. The van der Waals surface area contributed by atoms with Crippen LogP contribution >= 0.6 is 0 Å². The van der Waals surface area contributed by atoms with Gasteiger partial charge < -0.3 is 13.9 Å². The highest BCUT2D eigenvalue weighted by atomic mass is 16.5. The summed E-state index contributed by atoms with van der Waals surface area (Å²) in [5.74, 6) is 1.98. The molecule has 0 bridgehead atoms. The average molecular weight is 370 g/mol. The molecule has 2 fully saturated rings. The topological polar surface area (TPSA) is 38.1 Å². The molecule has 4 rings (SSSR count). The SMILES string of the molecule is COc1ccc(C[C@H]2CN(C3CCN(Cc4ccco4)CC3)CCO2)cc1. The second-order valence-corrected chi connectivity index (χ2v) is 7.63. The summed E-state index contributed by atoms with van der Waals surface area (Å²) in [6.45, 7) is 6.16. The highest BCUT2D eigenvalue weighted by molar-refractivity contribution is 5.27. The van der Waals surface area contributed by atoms with Crippen LogP contribution in [0.5, 0.6) is 5.75 Å². The van der Waals surface area contributed by atoms with Crippen LogP contribution in [0.3, 0.4) is 0 Å². The molecule has 146 valence electrons. The summed E-state index contributed by atoms with van der Waals surface area (Å²) in [5, 5.41) is 0. The first-order valence-electron chi connectivity index (χ1n) is 10.0. The molecule has 1 atom stereocenters. The zero-order valence-corrected chi connectivity index (χ0v) is 16.2. The van der Waals surface area contributed by atoms with Gasteiger partial charge in [0, 0.05) is 32.2 Å². The third-order valence-electron chi connectivity index (χ3n) is 5.83. The van der Waals surface area contributed by atoms with Crippen molar-refractivity contribution in [1.29, 1.82) is 0 Å². The minimum atomic E-state index is 0.285. The van der Waals surface area contributed by atoms with E-state index in [0.29, 0.717) is 6.04 Å². The highest BCUT2D eigenvalue weighted by Gasteiger charge is 2.29. The van der Waals surface area contributed by atoms with E-state index >= 15 is 0 Å². The van der Waals surface area contributed by atoms with Crippen LogP contribution in [0, 0.1) is 0 Å². The summed E-state index contributed by atoms with van der Waals surface area (Å²) in [7, 11) is 1.71. The fourth-order valence-electron chi connectivity index (χ4n) is 4.29. The van der Waals surface area contributed by atoms with Gasteiger partial charge in [-0.25, -0.2) is 0 Å². The molecule has 0 aliphatic carbocycles. The molecular formula is C22H30N2O3.